The van der Waals surface area contributed by atoms with E-state index in [-0.39, 0.29) is 5.82 Å². The van der Waals surface area contributed by atoms with Crippen LogP contribution in [0.2, 0.25) is 0 Å². The van der Waals surface area contributed by atoms with E-state index in [9.17, 15) is 4.39 Å². The highest BCUT2D eigenvalue weighted by Crippen LogP contribution is 2.24. The van der Waals surface area contributed by atoms with Gasteiger partial charge in [0.2, 0.25) is 0 Å². The summed E-state index contributed by atoms with van der Waals surface area (Å²) in [4.78, 5) is 6.08. The van der Waals surface area contributed by atoms with E-state index in [0.717, 1.165) is 17.9 Å². The maximum Gasteiger partial charge on any atom is 0.125 e. The number of halogens is 1. The first-order valence-corrected chi connectivity index (χ1v) is 5.24. The molecule has 0 fully saturated rings. The van der Waals surface area contributed by atoms with Gasteiger partial charge in [-0.1, -0.05) is 6.07 Å². The van der Waals surface area contributed by atoms with Gasteiger partial charge in [0.15, 0.2) is 0 Å². The second-order valence-corrected chi connectivity index (χ2v) is 3.44. The molecular formula is C13H13FN2. The van der Waals surface area contributed by atoms with E-state index in [1.165, 1.54) is 12.1 Å². The summed E-state index contributed by atoms with van der Waals surface area (Å²) >= 11 is 0. The average Bonchev–Trinajstić information content (AvgIpc) is 2.31. The molecule has 0 unspecified atom stereocenters. The molecule has 2 aromatic rings. The fourth-order valence-electron chi connectivity index (χ4n) is 1.67. The van der Waals surface area contributed by atoms with Gasteiger partial charge < -0.3 is 4.90 Å². The molecule has 0 bridgehead atoms. The molecule has 82 valence electrons. The molecule has 0 saturated carbocycles. The Morgan fingerprint density at radius 2 is 2.00 bits per heavy atom. The van der Waals surface area contributed by atoms with Crippen molar-refractivity contribution in [1.29, 1.82) is 0 Å². The number of hydrogen-bond donors (Lipinski definition) is 0. The first-order chi connectivity index (χ1) is 7.81. The minimum Gasteiger partial charge on any atom is -0.340 e. The Kier molecular flexibility index (Phi) is 3.15. The van der Waals surface area contributed by atoms with Crippen LogP contribution in [0.5, 0.6) is 0 Å². The second-order valence-electron chi connectivity index (χ2n) is 3.44. The van der Waals surface area contributed by atoms with Crippen molar-refractivity contribution in [3.63, 3.8) is 0 Å². The van der Waals surface area contributed by atoms with Crippen molar-refractivity contribution in [3.8, 4) is 0 Å². The summed E-state index contributed by atoms with van der Waals surface area (Å²) in [6.07, 6.45) is 3.50. The van der Waals surface area contributed by atoms with Gasteiger partial charge in [-0.3, -0.25) is 4.98 Å². The van der Waals surface area contributed by atoms with Gasteiger partial charge in [0.1, 0.15) is 5.82 Å². The van der Waals surface area contributed by atoms with Crippen LogP contribution in [0.3, 0.4) is 0 Å². The fraction of sp³-hybridized carbons (Fsp3) is 0.154. The van der Waals surface area contributed by atoms with E-state index in [1.807, 2.05) is 30.0 Å². The third-order valence-electron chi connectivity index (χ3n) is 2.39. The molecule has 0 amide bonds. The van der Waals surface area contributed by atoms with E-state index < -0.39 is 0 Å². The quantitative estimate of drug-likeness (QED) is 0.781. The summed E-state index contributed by atoms with van der Waals surface area (Å²) in [5.74, 6) is -0.222. The van der Waals surface area contributed by atoms with Crippen molar-refractivity contribution < 1.29 is 4.39 Å². The molecule has 0 aliphatic rings. The predicted octanol–water partition coefficient (Wildman–Crippen LogP) is 3.38. The van der Waals surface area contributed by atoms with Gasteiger partial charge in [0.25, 0.3) is 0 Å². The standard InChI is InChI=1S/C13H13FN2/c1-2-16(13-7-4-8-15-10-13)12-6-3-5-11(14)9-12/h3-10H,2H2,1H3. The molecule has 0 N–H and O–H groups in total. The minimum atomic E-state index is -0.222. The third kappa shape index (κ3) is 2.19. The van der Waals surface area contributed by atoms with Gasteiger partial charge in [0.05, 0.1) is 11.9 Å². The van der Waals surface area contributed by atoms with Crippen LogP contribution in [0.1, 0.15) is 6.92 Å². The third-order valence-corrected chi connectivity index (χ3v) is 2.39. The van der Waals surface area contributed by atoms with Crippen LogP contribution in [-0.2, 0) is 0 Å². The van der Waals surface area contributed by atoms with Crippen LogP contribution in [-0.4, -0.2) is 11.5 Å². The van der Waals surface area contributed by atoms with E-state index in [2.05, 4.69) is 4.98 Å². The van der Waals surface area contributed by atoms with Gasteiger partial charge in [-0.2, -0.15) is 0 Å². The molecule has 0 saturated heterocycles. The number of aromatic nitrogens is 1. The maximum absolute atomic E-state index is 13.1. The van der Waals surface area contributed by atoms with Crippen LogP contribution < -0.4 is 4.90 Å². The summed E-state index contributed by atoms with van der Waals surface area (Å²) in [6, 6.07) is 10.4. The molecule has 2 nitrogen and oxygen atoms in total. The Morgan fingerprint density at radius 1 is 1.19 bits per heavy atom. The Bertz CT molecular complexity index is 456. The van der Waals surface area contributed by atoms with Gasteiger partial charge in [0, 0.05) is 18.4 Å². The SMILES string of the molecule is CCN(c1cccnc1)c1cccc(F)c1. The summed E-state index contributed by atoms with van der Waals surface area (Å²) < 4.78 is 13.1. The number of hydrogen-bond acceptors (Lipinski definition) is 2. The van der Waals surface area contributed by atoms with Crippen molar-refractivity contribution in [2.45, 2.75) is 6.92 Å². The summed E-state index contributed by atoms with van der Waals surface area (Å²) in [5, 5.41) is 0. The van der Waals surface area contributed by atoms with Crippen molar-refractivity contribution in [2.24, 2.45) is 0 Å². The normalized spacial score (nSPS) is 10.1. The van der Waals surface area contributed by atoms with Crippen LogP contribution >= 0.6 is 0 Å². The van der Waals surface area contributed by atoms with Gasteiger partial charge in [-0.05, 0) is 37.3 Å². The Labute approximate surface area is 94.4 Å². The summed E-state index contributed by atoms with van der Waals surface area (Å²) in [7, 11) is 0. The zero-order valence-corrected chi connectivity index (χ0v) is 9.10. The molecule has 0 aliphatic heterocycles. The monoisotopic (exact) mass is 216 g/mol. The highest BCUT2D eigenvalue weighted by atomic mass is 19.1. The van der Waals surface area contributed by atoms with Crippen molar-refractivity contribution in [2.75, 3.05) is 11.4 Å². The minimum absolute atomic E-state index is 0.222. The molecule has 3 heteroatoms. The molecule has 2 rings (SSSR count). The number of nitrogens with zero attached hydrogens (tertiary/aromatic N) is 2. The first kappa shape index (κ1) is 10.6. The van der Waals surface area contributed by atoms with Gasteiger partial charge in [-0.25, -0.2) is 4.39 Å². The van der Waals surface area contributed by atoms with E-state index in [0.29, 0.717) is 0 Å². The topological polar surface area (TPSA) is 16.1 Å². The van der Waals surface area contributed by atoms with Crippen LogP contribution in [0.4, 0.5) is 15.8 Å². The molecule has 1 heterocycles. The highest BCUT2D eigenvalue weighted by Gasteiger charge is 2.07. The lowest BCUT2D eigenvalue weighted by atomic mass is 10.2. The smallest absolute Gasteiger partial charge is 0.125 e. The van der Waals surface area contributed by atoms with Gasteiger partial charge >= 0.3 is 0 Å². The molecule has 0 atom stereocenters. The molecule has 1 aromatic carbocycles. The Balaban J connectivity index is 2.37. The lowest BCUT2D eigenvalue weighted by molar-refractivity contribution is 0.627. The number of rotatable bonds is 3. The molecular weight excluding hydrogens is 203 g/mol. The summed E-state index contributed by atoms with van der Waals surface area (Å²) in [5.41, 5.74) is 1.81. The first-order valence-electron chi connectivity index (χ1n) is 5.24. The maximum atomic E-state index is 13.1. The molecule has 1 aromatic heterocycles. The predicted molar refractivity (Wildman–Crippen MR) is 63.3 cm³/mol. The molecule has 0 spiro atoms. The Morgan fingerprint density at radius 3 is 2.62 bits per heavy atom. The zero-order chi connectivity index (χ0) is 11.4. The zero-order valence-electron chi connectivity index (χ0n) is 9.10. The van der Waals surface area contributed by atoms with Gasteiger partial charge in [-0.15, -0.1) is 0 Å². The van der Waals surface area contributed by atoms with E-state index in [4.69, 9.17) is 0 Å². The van der Waals surface area contributed by atoms with Crippen LogP contribution in [0, 0.1) is 5.82 Å². The highest BCUT2D eigenvalue weighted by molar-refractivity contribution is 5.61. The molecule has 16 heavy (non-hydrogen) atoms. The van der Waals surface area contributed by atoms with E-state index >= 15 is 0 Å². The largest absolute Gasteiger partial charge is 0.340 e. The van der Waals surface area contributed by atoms with Crippen LogP contribution in [0.25, 0.3) is 0 Å². The average molecular weight is 216 g/mol. The number of benzene rings is 1. The van der Waals surface area contributed by atoms with Crippen molar-refractivity contribution in [3.05, 3.63) is 54.6 Å². The lowest BCUT2D eigenvalue weighted by Gasteiger charge is -2.22. The van der Waals surface area contributed by atoms with Crippen molar-refractivity contribution in [1.82, 2.24) is 4.98 Å². The fourth-order valence-corrected chi connectivity index (χ4v) is 1.67. The lowest BCUT2D eigenvalue weighted by Crippen LogP contribution is -2.16. The molecule has 0 radical (unpaired) electrons. The summed E-state index contributed by atoms with van der Waals surface area (Å²) in [6.45, 7) is 2.80. The van der Waals surface area contributed by atoms with Crippen LogP contribution in [0.15, 0.2) is 48.8 Å². The molecule has 0 aliphatic carbocycles. The second kappa shape index (κ2) is 4.75. The number of pyridine rings is 1. The van der Waals surface area contributed by atoms with E-state index in [1.54, 1.807) is 18.5 Å². The Hall–Kier alpha value is -1.90. The number of anilines is 2. The van der Waals surface area contributed by atoms with Crippen molar-refractivity contribution >= 4 is 11.4 Å².